The summed E-state index contributed by atoms with van der Waals surface area (Å²) >= 11 is 21.5. The third-order valence-electron chi connectivity index (χ3n) is 4.34. The van der Waals surface area contributed by atoms with Gasteiger partial charge in [-0.05, 0) is 24.6 Å². The molecule has 2 aliphatic rings. The second-order valence-corrected chi connectivity index (χ2v) is 8.92. The smallest absolute Gasteiger partial charge is 0.249 e. The van der Waals surface area contributed by atoms with E-state index < -0.39 is 21.2 Å². The fourth-order valence-electron chi connectivity index (χ4n) is 2.84. The van der Waals surface area contributed by atoms with Crippen LogP contribution in [0.1, 0.15) is 12.8 Å². The van der Waals surface area contributed by atoms with Gasteiger partial charge in [-0.25, -0.2) is 0 Å². The van der Waals surface area contributed by atoms with Crippen LogP contribution in [0, 0.1) is 0 Å². The fraction of sp³-hybridized carbons (Fsp3) is 0.467. The molecule has 4 nitrogen and oxygen atoms in total. The lowest BCUT2D eigenvalue weighted by molar-refractivity contribution is -0.137. The average molecular weight is 441 g/mol. The Bertz CT molecular complexity index is 684. The third-order valence-corrected chi connectivity index (χ3v) is 6.56. The lowest BCUT2D eigenvalue weighted by Crippen LogP contribution is -2.47. The number of carbonyl (C=O) groups is 2. The van der Waals surface area contributed by atoms with Crippen LogP contribution in [-0.2, 0) is 9.59 Å². The minimum absolute atomic E-state index is 0.130. The van der Waals surface area contributed by atoms with Crippen LogP contribution >= 0.6 is 50.7 Å². The Hall–Kier alpha value is -0.490. The molecule has 0 radical (unpaired) electrons. The highest BCUT2D eigenvalue weighted by molar-refractivity contribution is 9.10. The van der Waals surface area contributed by atoms with E-state index in [1.807, 2.05) is 24.3 Å². The Morgan fingerprint density at radius 3 is 2.61 bits per heavy atom. The number of hydrogen-bond acceptors (Lipinski definition) is 2. The Labute approximate surface area is 157 Å². The van der Waals surface area contributed by atoms with Gasteiger partial charge >= 0.3 is 0 Å². The summed E-state index contributed by atoms with van der Waals surface area (Å²) in [6.07, 6.45) is 0.724. The Balaban J connectivity index is 1.76. The van der Waals surface area contributed by atoms with Crippen molar-refractivity contribution in [2.24, 2.45) is 0 Å². The van der Waals surface area contributed by atoms with Gasteiger partial charge in [0.25, 0.3) is 0 Å². The first kappa shape index (κ1) is 17.3. The summed E-state index contributed by atoms with van der Waals surface area (Å²) in [6.45, 7) is 0.541. The van der Waals surface area contributed by atoms with E-state index in [1.54, 1.807) is 11.9 Å². The van der Waals surface area contributed by atoms with E-state index in [-0.39, 0.29) is 12.3 Å². The zero-order valence-corrected chi connectivity index (χ0v) is 16.1. The van der Waals surface area contributed by atoms with Crippen molar-refractivity contribution in [2.45, 2.75) is 28.1 Å². The maximum atomic E-state index is 12.7. The van der Waals surface area contributed by atoms with Crippen molar-refractivity contribution in [2.75, 3.05) is 18.5 Å². The number of rotatable bonds is 3. The largest absolute Gasteiger partial charge is 0.332 e. The Morgan fingerprint density at radius 1 is 1.39 bits per heavy atom. The molecule has 1 aromatic carbocycles. The van der Waals surface area contributed by atoms with Crippen molar-refractivity contribution >= 4 is 68.2 Å². The molecule has 2 atom stereocenters. The minimum Gasteiger partial charge on any atom is -0.332 e. The highest BCUT2D eigenvalue weighted by atomic mass is 79.9. The van der Waals surface area contributed by atoms with Gasteiger partial charge in [0, 0.05) is 30.2 Å². The van der Waals surface area contributed by atoms with Crippen molar-refractivity contribution in [1.29, 1.82) is 0 Å². The van der Waals surface area contributed by atoms with Gasteiger partial charge < -0.3 is 9.80 Å². The summed E-state index contributed by atoms with van der Waals surface area (Å²) in [6, 6.07) is 6.93. The maximum absolute atomic E-state index is 12.7. The van der Waals surface area contributed by atoms with Crippen molar-refractivity contribution in [3.05, 3.63) is 28.7 Å². The molecule has 0 bridgehead atoms. The van der Waals surface area contributed by atoms with Gasteiger partial charge in [0.1, 0.15) is 10.4 Å². The molecular formula is C15H14BrCl3N2O2. The predicted octanol–water partition coefficient (Wildman–Crippen LogP) is 3.57. The van der Waals surface area contributed by atoms with Crippen molar-refractivity contribution in [3.63, 3.8) is 0 Å². The first-order valence-electron chi connectivity index (χ1n) is 7.08. The van der Waals surface area contributed by atoms with E-state index in [0.29, 0.717) is 13.0 Å². The molecule has 1 saturated carbocycles. The normalized spacial score (nSPS) is 28.8. The molecule has 124 valence electrons. The first-order valence-corrected chi connectivity index (χ1v) is 9.01. The molecule has 1 aliphatic carbocycles. The van der Waals surface area contributed by atoms with Gasteiger partial charge in [-0.3, -0.25) is 9.59 Å². The minimum atomic E-state index is -1.33. The van der Waals surface area contributed by atoms with Gasteiger partial charge in [0.2, 0.25) is 11.8 Å². The van der Waals surface area contributed by atoms with Crippen LogP contribution in [-0.4, -0.2) is 45.6 Å². The standard InChI is InChI=1S/C15H14BrCl3N2O2/c1-20(13(23)14(17)8-15(14,18)19)11-5-6-21(12(11)22)10-4-2-3-9(16)7-10/h2-4,7,11H,5-6,8H2,1H3. The molecule has 0 N–H and O–H groups in total. The molecular weight excluding hydrogens is 426 g/mol. The van der Waals surface area contributed by atoms with E-state index in [9.17, 15) is 9.59 Å². The number of anilines is 1. The summed E-state index contributed by atoms with van der Waals surface area (Å²) in [5.41, 5.74) is 0.795. The molecule has 0 aromatic heterocycles. The molecule has 23 heavy (non-hydrogen) atoms. The van der Waals surface area contributed by atoms with Crippen molar-refractivity contribution in [1.82, 2.24) is 4.90 Å². The Morgan fingerprint density at radius 2 is 2.04 bits per heavy atom. The summed E-state index contributed by atoms with van der Waals surface area (Å²) in [5, 5.41) is 0. The van der Waals surface area contributed by atoms with Gasteiger partial charge in [0.15, 0.2) is 4.87 Å². The lowest BCUT2D eigenvalue weighted by Gasteiger charge is -2.26. The molecule has 1 saturated heterocycles. The van der Waals surface area contributed by atoms with Crippen LogP contribution < -0.4 is 4.90 Å². The number of benzene rings is 1. The molecule has 1 aromatic rings. The molecule has 1 heterocycles. The zero-order valence-electron chi connectivity index (χ0n) is 12.2. The molecule has 1 aliphatic heterocycles. The van der Waals surface area contributed by atoms with E-state index >= 15 is 0 Å². The molecule has 2 amide bonds. The summed E-state index contributed by atoms with van der Waals surface area (Å²) in [5.74, 6) is -0.534. The van der Waals surface area contributed by atoms with Crippen LogP contribution in [0.25, 0.3) is 0 Å². The number of hydrogen-bond donors (Lipinski definition) is 0. The van der Waals surface area contributed by atoms with Crippen LogP contribution in [0.5, 0.6) is 0 Å². The molecule has 2 fully saturated rings. The van der Waals surface area contributed by atoms with Gasteiger partial charge in [-0.15, -0.1) is 11.6 Å². The highest BCUT2D eigenvalue weighted by Gasteiger charge is 2.72. The number of halogens is 4. The quantitative estimate of drug-likeness (QED) is 0.675. The lowest BCUT2D eigenvalue weighted by atomic mass is 10.2. The van der Waals surface area contributed by atoms with Gasteiger partial charge in [-0.2, -0.15) is 0 Å². The number of alkyl halides is 3. The fourth-order valence-corrected chi connectivity index (χ4v) is 4.26. The SMILES string of the molecule is CN(C(=O)C1(Cl)CC1(Cl)Cl)C1CCN(c2cccc(Br)c2)C1=O. The predicted molar refractivity (Wildman–Crippen MR) is 95.3 cm³/mol. The molecule has 0 spiro atoms. The highest BCUT2D eigenvalue weighted by Crippen LogP contribution is 2.62. The topological polar surface area (TPSA) is 40.6 Å². The van der Waals surface area contributed by atoms with Crippen LogP contribution in [0.2, 0.25) is 0 Å². The number of carbonyl (C=O) groups excluding carboxylic acids is 2. The van der Waals surface area contributed by atoms with E-state index in [1.165, 1.54) is 4.90 Å². The molecule has 8 heteroatoms. The summed E-state index contributed by atoms with van der Waals surface area (Å²) < 4.78 is -0.367. The van der Waals surface area contributed by atoms with Gasteiger partial charge in [0.05, 0.1) is 0 Å². The maximum Gasteiger partial charge on any atom is 0.249 e. The first-order chi connectivity index (χ1) is 10.7. The van der Waals surface area contributed by atoms with Crippen LogP contribution in [0.3, 0.4) is 0 Å². The summed E-state index contributed by atoms with van der Waals surface area (Å²) in [4.78, 5) is 26.9. The summed E-state index contributed by atoms with van der Waals surface area (Å²) in [7, 11) is 1.57. The third kappa shape index (κ3) is 2.86. The second kappa shape index (κ2) is 5.80. The van der Waals surface area contributed by atoms with Gasteiger partial charge in [-0.1, -0.05) is 45.2 Å². The van der Waals surface area contributed by atoms with E-state index in [4.69, 9.17) is 34.8 Å². The zero-order chi connectivity index (χ0) is 17.0. The molecule has 3 rings (SSSR count). The van der Waals surface area contributed by atoms with Crippen LogP contribution in [0.15, 0.2) is 28.7 Å². The number of amides is 2. The van der Waals surface area contributed by atoms with E-state index in [2.05, 4.69) is 15.9 Å². The molecule has 2 unspecified atom stereocenters. The number of likely N-dealkylation sites (N-methyl/N-ethyl adjacent to an activating group) is 1. The van der Waals surface area contributed by atoms with E-state index in [0.717, 1.165) is 10.2 Å². The Kier molecular flexibility index (Phi) is 4.37. The monoisotopic (exact) mass is 438 g/mol. The second-order valence-electron chi connectivity index (χ2n) is 5.87. The van der Waals surface area contributed by atoms with Crippen molar-refractivity contribution < 1.29 is 9.59 Å². The van der Waals surface area contributed by atoms with Crippen LogP contribution in [0.4, 0.5) is 5.69 Å². The number of nitrogens with zero attached hydrogens (tertiary/aromatic N) is 2. The average Bonchev–Trinajstić information content (AvgIpc) is 2.81. The van der Waals surface area contributed by atoms with Crippen molar-refractivity contribution in [3.8, 4) is 0 Å².